The van der Waals surface area contributed by atoms with Crippen molar-refractivity contribution in [3.05, 3.63) is 47.3 Å². The highest BCUT2D eigenvalue weighted by Gasteiger charge is 2.62. The molecule has 31 heavy (non-hydrogen) atoms. The summed E-state index contributed by atoms with van der Waals surface area (Å²) in [6.45, 7) is 4.26. The number of rotatable bonds is 6. The van der Waals surface area contributed by atoms with E-state index in [0.29, 0.717) is 31.6 Å². The molecule has 2 saturated heterocycles. The number of aliphatic hydroxyl groups excluding tert-OH is 1. The summed E-state index contributed by atoms with van der Waals surface area (Å²) in [5.74, 6) is -1.49. The van der Waals surface area contributed by atoms with E-state index in [1.807, 2.05) is 30.3 Å². The molecule has 164 valence electrons. The Morgan fingerprint density at radius 3 is 2.61 bits per heavy atom. The fraction of sp³-hybridized carbons (Fsp3) is 0.476. The van der Waals surface area contributed by atoms with Crippen LogP contribution in [0.4, 0.5) is 0 Å². The molecule has 2 aliphatic rings. The number of aliphatic hydroxyl groups is 1. The molecular formula is C21H26N6O4. The Bertz CT molecular complexity index is 1020. The molecule has 3 amide bonds. The second-order valence-corrected chi connectivity index (χ2v) is 8.28. The Balaban J connectivity index is 1.54. The number of β-lactam (4-membered cyclic amide) rings is 1. The molecule has 2 fully saturated rings. The number of hydrogen-bond donors (Lipinski definition) is 2. The summed E-state index contributed by atoms with van der Waals surface area (Å²) in [6.07, 6.45) is 0.0686. The number of carbonyl (C=O) groups excluding carboxylic acids is 3. The average molecular weight is 426 g/mol. The minimum Gasteiger partial charge on any atom is -0.391 e. The number of nitrogens with two attached hydrogens (primary N) is 1. The van der Waals surface area contributed by atoms with E-state index in [1.54, 1.807) is 11.6 Å². The van der Waals surface area contributed by atoms with Crippen molar-refractivity contribution in [2.45, 2.75) is 50.9 Å². The Kier molecular flexibility index (Phi) is 5.26. The van der Waals surface area contributed by atoms with Crippen molar-refractivity contribution in [1.29, 1.82) is 0 Å². The zero-order chi connectivity index (χ0) is 22.3. The van der Waals surface area contributed by atoms with Crippen LogP contribution in [0, 0.1) is 6.92 Å². The third-order valence-electron chi connectivity index (χ3n) is 6.27. The van der Waals surface area contributed by atoms with Gasteiger partial charge in [-0.05, 0) is 32.3 Å². The SMILES string of the molecule is Cc1c(C(=O)N2CCCC23CN([C@H](C(N)=O)[C@H](C)O)C3=O)nnn1Cc1ccccc1. The van der Waals surface area contributed by atoms with Gasteiger partial charge in [-0.2, -0.15) is 0 Å². The van der Waals surface area contributed by atoms with E-state index in [1.165, 1.54) is 16.7 Å². The van der Waals surface area contributed by atoms with Crippen molar-refractivity contribution < 1.29 is 19.5 Å². The van der Waals surface area contributed by atoms with Crippen molar-refractivity contribution in [1.82, 2.24) is 24.8 Å². The largest absolute Gasteiger partial charge is 0.391 e. The summed E-state index contributed by atoms with van der Waals surface area (Å²) < 4.78 is 1.66. The average Bonchev–Trinajstić information content (AvgIpc) is 3.33. The normalized spacial score (nSPS) is 22.5. The predicted octanol–water partition coefficient (Wildman–Crippen LogP) is -0.313. The lowest BCUT2D eigenvalue weighted by Crippen LogP contribution is -2.77. The topological polar surface area (TPSA) is 135 Å². The second-order valence-electron chi connectivity index (χ2n) is 8.28. The van der Waals surface area contributed by atoms with Gasteiger partial charge in [0.05, 0.1) is 24.9 Å². The number of nitrogens with zero attached hydrogens (tertiary/aromatic N) is 5. The van der Waals surface area contributed by atoms with Gasteiger partial charge in [0.15, 0.2) is 5.69 Å². The molecule has 0 aliphatic carbocycles. The number of primary amides is 1. The first-order valence-corrected chi connectivity index (χ1v) is 10.3. The molecule has 1 aromatic carbocycles. The highest BCUT2D eigenvalue weighted by molar-refractivity contribution is 6.03. The summed E-state index contributed by atoms with van der Waals surface area (Å²) in [5, 5.41) is 18.1. The van der Waals surface area contributed by atoms with Crippen LogP contribution in [0.1, 0.15) is 41.5 Å². The van der Waals surface area contributed by atoms with Crippen molar-refractivity contribution >= 4 is 17.7 Å². The van der Waals surface area contributed by atoms with Crippen molar-refractivity contribution in [3.8, 4) is 0 Å². The van der Waals surface area contributed by atoms with Crippen LogP contribution in [0.5, 0.6) is 0 Å². The smallest absolute Gasteiger partial charge is 0.277 e. The number of amides is 3. The van der Waals surface area contributed by atoms with E-state index in [9.17, 15) is 19.5 Å². The maximum absolute atomic E-state index is 13.3. The molecule has 10 nitrogen and oxygen atoms in total. The van der Waals surface area contributed by atoms with Crippen LogP contribution in [0.15, 0.2) is 30.3 Å². The Hall–Kier alpha value is -3.27. The lowest BCUT2D eigenvalue weighted by molar-refractivity contribution is -0.169. The Morgan fingerprint density at radius 1 is 1.29 bits per heavy atom. The van der Waals surface area contributed by atoms with Gasteiger partial charge in [-0.3, -0.25) is 14.4 Å². The maximum atomic E-state index is 13.3. The van der Waals surface area contributed by atoms with Crippen molar-refractivity contribution in [2.75, 3.05) is 13.1 Å². The van der Waals surface area contributed by atoms with Crippen LogP contribution < -0.4 is 5.73 Å². The first kappa shape index (κ1) is 21.0. The van der Waals surface area contributed by atoms with Gasteiger partial charge < -0.3 is 20.6 Å². The fourth-order valence-corrected chi connectivity index (χ4v) is 4.63. The van der Waals surface area contributed by atoms with Gasteiger partial charge in [0, 0.05) is 6.54 Å². The Labute approximate surface area is 179 Å². The molecule has 1 unspecified atom stereocenters. The molecule has 10 heteroatoms. The number of hydrogen-bond acceptors (Lipinski definition) is 6. The molecule has 4 rings (SSSR count). The monoisotopic (exact) mass is 426 g/mol. The highest BCUT2D eigenvalue weighted by atomic mass is 16.3. The fourth-order valence-electron chi connectivity index (χ4n) is 4.63. The molecular weight excluding hydrogens is 400 g/mol. The first-order chi connectivity index (χ1) is 14.8. The summed E-state index contributed by atoms with van der Waals surface area (Å²) in [4.78, 5) is 40.9. The van der Waals surface area contributed by atoms with Gasteiger partial charge in [-0.1, -0.05) is 35.5 Å². The van der Waals surface area contributed by atoms with E-state index in [0.717, 1.165) is 5.56 Å². The van der Waals surface area contributed by atoms with E-state index in [-0.39, 0.29) is 24.1 Å². The van der Waals surface area contributed by atoms with Crippen LogP contribution >= 0.6 is 0 Å². The molecule has 0 bridgehead atoms. The third-order valence-corrected chi connectivity index (χ3v) is 6.27. The van der Waals surface area contributed by atoms with E-state index in [2.05, 4.69) is 10.3 Å². The number of aromatic nitrogens is 3. The standard InChI is InChI=1S/C21H26N6O4/c1-13-16(23-24-27(13)11-15-7-4-3-5-8-15)19(30)26-10-6-9-21(26)12-25(20(21)31)17(14(2)28)18(22)29/h3-5,7-8,14,17,28H,6,9-12H2,1-2H3,(H2,22,29)/t14-,17-,21?/m0/s1. The van der Waals surface area contributed by atoms with Crippen molar-refractivity contribution in [3.63, 3.8) is 0 Å². The quantitative estimate of drug-likeness (QED) is 0.608. The van der Waals surface area contributed by atoms with Crippen LogP contribution in [-0.2, 0) is 16.1 Å². The minimum atomic E-state index is -1.11. The van der Waals surface area contributed by atoms with Gasteiger partial charge in [0.2, 0.25) is 5.91 Å². The molecule has 1 aromatic heterocycles. The van der Waals surface area contributed by atoms with Crippen LogP contribution in [0.25, 0.3) is 0 Å². The lowest BCUT2D eigenvalue weighted by atomic mass is 9.83. The van der Waals surface area contributed by atoms with Gasteiger partial charge in [0.25, 0.3) is 11.8 Å². The van der Waals surface area contributed by atoms with Crippen LogP contribution in [-0.4, -0.2) is 78.4 Å². The lowest BCUT2D eigenvalue weighted by Gasteiger charge is -2.53. The molecule has 0 saturated carbocycles. The van der Waals surface area contributed by atoms with E-state index >= 15 is 0 Å². The zero-order valence-corrected chi connectivity index (χ0v) is 17.6. The predicted molar refractivity (Wildman–Crippen MR) is 110 cm³/mol. The van der Waals surface area contributed by atoms with Gasteiger partial charge in [-0.25, -0.2) is 4.68 Å². The molecule has 0 radical (unpaired) electrons. The van der Waals surface area contributed by atoms with Crippen LogP contribution in [0.3, 0.4) is 0 Å². The van der Waals surface area contributed by atoms with E-state index < -0.39 is 23.6 Å². The molecule has 3 heterocycles. The summed E-state index contributed by atoms with van der Waals surface area (Å²) >= 11 is 0. The summed E-state index contributed by atoms with van der Waals surface area (Å²) in [5.41, 5.74) is 6.23. The first-order valence-electron chi connectivity index (χ1n) is 10.3. The van der Waals surface area contributed by atoms with Crippen LogP contribution in [0.2, 0.25) is 0 Å². The Morgan fingerprint density at radius 2 is 2.00 bits per heavy atom. The van der Waals surface area contributed by atoms with E-state index in [4.69, 9.17) is 5.73 Å². The summed E-state index contributed by atoms with van der Waals surface area (Å²) in [6, 6.07) is 8.63. The molecule has 2 aromatic rings. The molecule has 3 atom stereocenters. The molecule has 1 spiro atoms. The van der Waals surface area contributed by atoms with Gasteiger partial charge >= 0.3 is 0 Å². The maximum Gasteiger partial charge on any atom is 0.277 e. The minimum absolute atomic E-state index is 0.160. The summed E-state index contributed by atoms with van der Waals surface area (Å²) in [7, 11) is 0. The molecule has 2 aliphatic heterocycles. The van der Waals surface area contributed by atoms with Gasteiger partial charge in [-0.15, -0.1) is 5.10 Å². The van der Waals surface area contributed by atoms with Gasteiger partial charge in [0.1, 0.15) is 11.6 Å². The zero-order valence-electron chi connectivity index (χ0n) is 17.6. The van der Waals surface area contributed by atoms with Crippen molar-refractivity contribution in [2.24, 2.45) is 5.73 Å². The molecule has 3 N–H and O–H groups in total. The number of carbonyl (C=O) groups is 3. The number of likely N-dealkylation sites (tertiary alicyclic amines) is 2. The number of benzene rings is 1. The highest BCUT2D eigenvalue weighted by Crippen LogP contribution is 2.41. The second kappa shape index (κ2) is 7.77. The third kappa shape index (κ3) is 3.36.